The van der Waals surface area contributed by atoms with Crippen LogP contribution in [0.15, 0.2) is 18.2 Å². The Morgan fingerprint density at radius 1 is 1.36 bits per heavy atom. The van der Waals surface area contributed by atoms with Crippen LogP contribution in [0, 0.1) is 11.3 Å². The molecule has 0 aliphatic rings. The zero-order valence-corrected chi connectivity index (χ0v) is 6.89. The van der Waals surface area contributed by atoms with Gasteiger partial charge in [-0.2, -0.15) is 18.4 Å². The molecule has 14 heavy (non-hydrogen) atoms. The molecule has 0 aliphatic heterocycles. The van der Waals surface area contributed by atoms with E-state index in [1.165, 1.54) is 12.1 Å². The third-order valence-electron chi connectivity index (χ3n) is 1.61. The first kappa shape index (κ1) is 10.3. The van der Waals surface area contributed by atoms with Crippen LogP contribution in [0.25, 0.3) is 0 Å². The quantitative estimate of drug-likeness (QED) is 0.538. The van der Waals surface area contributed by atoms with Gasteiger partial charge in [0.25, 0.3) is 0 Å². The first-order valence-electron chi connectivity index (χ1n) is 3.57. The molecule has 3 nitrogen and oxygen atoms in total. The third-order valence-corrected chi connectivity index (χ3v) is 1.61. The number of benzene rings is 1. The number of hydrogen-bond donors (Lipinski definition) is 2. The third kappa shape index (κ3) is 1.95. The maximum absolute atomic E-state index is 12.3. The van der Waals surface area contributed by atoms with Gasteiger partial charge < -0.3 is 5.43 Å². The summed E-state index contributed by atoms with van der Waals surface area (Å²) in [6, 6.07) is 4.62. The van der Waals surface area contributed by atoms with Crippen LogP contribution >= 0.6 is 0 Å². The number of nitrogens with one attached hydrogen (secondary N) is 1. The lowest BCUT2D eigenvalue weighted by molar-refractivity contribution is -0.137. The van der Waals surface area contributed by atoms with Gasteiger partial charge in [-0.1, -0.05) is 0 Å². The fourth-order valence-electron chi connectivity index (χ4n) is 0.966. The van der Waals surface area contributed by atoms with E-state index in [2.05, 4.69) is 5.43 Å². The molecule has 0 bridgehead atoms. The Balaban J connectivity index is 3.31. The Labute approximate surface area is 77.9 Å². The van der Waals surface area contributed by atoms with Crippen LogP contribution in [0.1, 0.15) is 11.1 Å². The summed E-state index contributed by atoms with van der Waals surface area (Å²) < 4.78 is 37.0. The molecule has 0 aromatic heterocycles. The number of rotatable bonds is 1. The van der Waals surface area contributed by atoms with Crippen LogP contribution < -0.4 is 11.3 Å². The normalized spacial score (nSPS) is 10.8. The molecule has 0 heterocycles. The van der Waals surface area contributed by atoms with Crippen molar-refractivity contribution in [3.63, 3.8) is 0 Å². The summed E-state index contributed by atoms with van der Waals surface area (Å²) >= 11 is 0. The zero-order valence-electron chi connectivity index (χ0n) is 6.89. The molecule has 1 aromatic rings. The minimum absolute atomic E-state index is 0.108. The largest absolute Gasteiger partial charge is 0.417 e. The molecule has 6 heteroatoms. The van der Waals surface area contributed by atoms with E-state index in [9.17, 15) is 13.2 Å². The zero-order chi connectivity index (χ0) is 10.8. The second-order valence-corrected chi connectivity index (χ2v) is 2.51. The van der Waals surface area contributed by atoms with E-state index in [1.807, 2.05) is 0 Å². The molecule has 0 amide bonds. The Morgan fingerprint density at radius 2 is 2.00 bits per heavy atom. The van der Waals surface area contributed by atoms with Gasteiger partial charge in [-0.15, -0.1) is 0 Å². The van der Waals surface area contributed by atoms with Crippen molar-refractivity contribution in [1.29, 1.82) is 5.26 Å². The summed E-state index contributed by atoms with van der Waals surface area (Å²) in [5.74, 6) is 4.95. The number of alkyl halides is 3. The first-order valence-corrected chi connectivity index (χ1v) is 3.57. The highest BCUT2D eigenvalue weighted by Gasteiger charge is 2.33. The van der Waals surface area contributed by atoms with Crippen molar-refractivity contribution < 1.29 is 13.2 Å². The number of hydrogen-bond acceptors (Lipinski definition) is 3. The number of halogens is 3. The van der Waals surface area contributed by atoms with E-state index >= 15 is 0 Å². The molecular formula is C8H6F3N3. The summed E-state index contributed by atoms with van der Waals surface area (Å²) in [4.78, 5) is 0. The predicted octanol–water partition coefficient (Wildman–Crippen LogP) is 1.86. The van der Waals surface area contributed by atoms with Gasteiger partial charge in [0.1, 0.15) is 0 Å². The molecule has 1 rings (SSSR count). The maximum Gasteiger partial charge on any atom is 0.417 e. The second-order valence-electron chi connectivity index (χ2n) is 2.51. The monoisotopic (exact) mass is 201 g/mol. The van der Waals surface area contributed by atoms with Crippen LogP contribution in [-0.2, 0) is 6.18 Å². The number of nitrogen functional groups attached to an aromatic ring is 1. The highest BCUT2D eigenvalue weighted by molar-refractivity contribution is 5.52. The average Bonchev–Trinajstić information content (AvgIpc) is 2.15. The molecule has 0 atom stereocenters. The fraction of sp³-hybridized carbons (Fsp3) is 0.125. The van der Waals surface area contributed by atoms with E-state index < -0.39 is 17.3 Å². The molecule has 3 N–H and O–H groups in total. The topological polar surface area (TPSA) is 61.8 Å². The van der Waals surface area contributed by atoms with E-state index in [1.54, 1.807) is 0 Å². The summed E-state index contributed by atoms with van der Waals surface area (Å²) in [6.45, 7) is 0. The Hall–Kier alpha value is -1.74. The van der Waals surface area contributed by atoms with Gasteiger partial charge in [0.15, 0.2) is 0 Å². The molecule has 0 saturated carbocycles. The lowest BCUT2D eigenvalue weighted by Crippen LogP contribution is -2.11. The summed E-state index contributed by atoms with van der Waals surface area (Å²) in [7, 11) is 0. The molecule has 1 aromatic carbocycles. The summed E-state index contributed by atoms with van der Waals surface area (Å²) in [5.41, 5.74) is 0.779. The van der Waals surface area contributed by atoms with Crippen molar-refractivity contribution in [3.8, 4) is 6.07 Å². The predicted molar refractivity (Wildman–Crippen MR) is 44.0 cm³/mol. The van der Waals surface area contributed by atoms with Gasteiger partial charge in [-0.05, 0) is 18.2 Å². The number of anilines is 1. The highest BCUT2D eigenvalue weighted by Crippen LogP contribution is 2.33. The molecule has 0 spiro atoms. The molecule has 0 aliphatic carbocycles. The van der Waals surface area contributed by atoms with Crippen molar-refractivity contribution in [2.24, 2.45) is 5.84 Å². The minimum Gasteiger partial charge on any atom is -0.324 e. The lowest BCUT2D eigenvalue weighted by Gasteiger charge is -2.10. The van der Waals surface area contributed by atoms with Gasteiger partial charge in [-0.25, -0.2) is 0 Å². The molecule has 0 unspecified atom stereocenters. The van der Waals surface area contributed by atoms with Crippen molar-refractivity contribution >= 4 is 5.69 Å². The van der Waals surface area contributed by atoms with E-state index in [0.717, 1.165) is 12.1 Å². The lowest BCUT2D eigenvalue weighted by atomic mass is 10.1. The first-order chi connectivity index (χ1) is 6.49. The summed E-state index contributed by atoms with van der Waals surface area (Å²) in [6.07, 6.45) is -4.54. The van der Waals surface area contributed by atoms with Gasteiger partial charge >= 0.3 is 6.18 Å². The van der Waals surface area contributed by atoms with Crippen molar-refractivity contribution in [2.45, 2.75) is 6.18 Å². The number of nitriles is 1. The Kier molecular flexibility index (Phi) is 2.63. The van der Waals surface area contributed by atoms with Gasteiger partial charge in [0.2, 0.25) is 0 Å². The van der Waals surface area contributed by atoms with Gasteiger partial charge in [0, 0.05) is 5.69 Å². The minimum atomic E-state index is -4.54. The second kappa shape index (κ2) is 3.55. The van der Waals surface area contributed by atoms with Crippen LogP contribution in [0.3, 0.4) is 0 Å². The number of hydrazine groups is 1. The van der Waals surface area contributed by atoms with Crippen LogP contribution in [0.2, 0.25) is 0 Å². The average molecular weight is 201 g/mol. The molecule has 74 valence electrons. The number of nitrogens with zero attached hydrogens (tertiary/aromatic N) is 1. The maximum atomic E-state index is 12.3. The standard InChI is InChI=1S/C8H6F3N3/c9-8(10,11)7-3-6(14-13)2-1-5(7)4-12/h1-3,14H,13H2. The van der Waals surface area contributed by atoms with Crippen LogP contribution in [-0.4, -0.2) is 0 Å². The van der Waals surface area contributed by atoms with Crippen molar-refractivity contribution in [1.82, 2.24) is 0 Å². The van der Waals surface area contributed by atoms with E-state index in [0.29, 0.717) is 0 Å². The van der Waals surface area contributed by atoms with Gasteiger partial charge in [0.05, 0.1) is 17.2 Å². The molecule has 0 radical (unpaired) electrons. The SMILES string of the molecule is N#Cc1ccc(NN)cc1C(F)(F)F. The van der Waals surface area contributed by atoms with E-state index in [-0.39, 0.29) is 5.69 Å². The van der Waals surface area contributed by atoms with E-state index in [4.69, 9.17) is 11.1 Å². The van der Waals surface area contributed by atoms with Crippen molar-refractivity contribution in [3.05, 3.63) is 29.3 Å². The van der Waals surface area contributed by atoms with Crippen molar-refractivity contribution in [2.75, 3.05) is 5.43 Å². The highest BCUT2D eigenvalue weighted by atomic mass is 19.4. The fourth-order valence-corrected chi connectivity index (χ4v) is 0.966. The van der Waals surface area contributed by atoms with Gasteiger partial charge in [-0.3, -0.25) is 5.84 Å². The molecule has 0 fully saturated rings. The summed E-state index contributed by atoms with van der Waals surface area (Å²) in [5, 5.41) is 8.44. The van der Waals surface area contributed by atoms with Crippen LogP contribution in [0.5, 0.6) is 0 Å². The molecule has 0 saturated heterocycles. The van der Waals surface area contributed by atoms with Crippen LogP contribution in [0.4, 0.5) is 18.9 Å². The Bertz CT molecular complexity index is 378. The smallest absolute Gasteiger partial charge is 0.324 e. The number of nitrogens with two attached hydrogens (primary N) is 1. The molecular weight excluding hydrogens is 195 g/mol. The Morgan fingerprint density at radius 3 is 2.43 bits per heavy atom.